The summed E-state index contributed by atoms with van der Waals surface area (Å²) in [5.41, 5.74) is 5.16. The van der Waals surface area contributed by atoms with Gasteiger partial charge in [-0.3, -0.25) is 9.79 Å². The monoisotopic (exact) mass is 525 g/mol. The van der Waals surface area contributed by atoms with Crippen LogP contribution in [-0.2, 0) is 16.0 Å². The zero-order valence-corrected chi connectivity index (χ0v) is 24.6. The van der Waals surface area contributed by atoms with Gasteiger partial charge in [-0.15, -0.1) is 0 Å². The molecule has 7 heteroatoms. The number of aryl methyl sites for hydroxylation is 1. The van der Waals surface area contributed by atoms with E-state index in [4.69, 9.17) is 9.53 Å². The van der Waals surface area contributed by atoms with E-state index in [0.29, 0.717) is 23.7 Å². The third-order valence-electron chi connectivity index (χ3n) is 5.15. The van der Waals surface area contributed by atoms with Crippen LogP contribution in [0, 0.1) is 0 Å². The smallest absolute Gasteiger partial charge is 0.273 e. The summed E-state index contributed by atoms with van der Waals surface area (Å²) in [5.74, 6) is 0.0531. The first-order valence-corrected chi connectivity index (χ1v) is 13.5. The van der Waals surface area contributed by atoms with Gasteiger partial charge in [0.25, 0.3) is 5.91 Å². The molecule has 1 amide bonds. The highest BCUT2D eigenvalue weighted by molar-refractivity contribution is 6.49. The molecule has 2 aromatic carbocycles. The molecule has 210 valence electrons. The van der Waals surface area contributed by atoms with Gasteiger partial charge in [0.2, 0.25) is 0 Å². The Labute approximate surface area is 229 Å². The van der Waals surface area contributed by atoms with Crippen molar-refractivity contribution in [3.05, 3.63) is 53.6 Å². The van der Waals surface area contributed by atoms with E-state index in [1.807, 2.05) is 40.8 Å². The van der Waals surface area contributed by atoms with Crippen molar-refractivity contribution < 1.29 is 19.4 Å². The second-order valence-electron chi connectivity index (χ2n) is 8.39. The number of aldehydes is 1. The Morgan fingerprint density at radius 2 is 1.74 bits per heavy atom. The molecular weight excluding hydrogens is 478 g/mol. The number of rotatable bonds is 8. The largest absolute Gasteiger partial charge is 0.504 e. The highest BCUT2D eigenvalue weighted by Crippen LogP contribution is 2.31. The Morgan fingerprint density at radius 3 is 2.24 bits per heavy atom. The predicted molar refractivity (Wildman–Crippen MR) is 162 cm³/mol. The van der Waals surface area contributed by atoms with Gasteiger partial charge in [-0.1, -0.05) is 59.6 Å². The van der Waals surface area contributed by atoms with Crippen LogP contribution in [0.2, 0.25) is 0 Å². The SMILES string of the molecule is CC.CC=O.CCCC.CCc1ccc(C2=CC(C(=O)Nc3ccc(OC(C)C)c(O)c3)=NC2)c(NC)c1. The number of anilines is 2. The lowest BCUT2D eigenvalue weighted by Crippen LogP contribution is -2.20. The maximum absolute atomic E-state index is 12.6. The molecule has 0 aliphatic carbocycles. The van der Waals surface area contributed by atoms with Crippen LogP contribution in [0.1, 0.15) is 79.4 Å². The fourth-order valence-corrected chi connectivity index (χ4v) is 3.17. The molecule has 3 rings (SSSR count). The molecule has 2 aromatic rings. The van der Waals surface area contributed by atoms with Gasteiger partial charge in [-0.05, 0) is 62.6 Å². The fraction of sp³-hybridized carbons (Fsp3) is 0.452. The Bertz CT molecular complexity index is 1060. The van der Waals surface area contributed by atoms with E-state index in [0.717, 1.165) is 29.5 Å². The molecule has 0 saturated heterocycles. The number of hydrogen-bond donors (Lipinski definition) is 3. The number of amides is 1. The number of phenols is 1. The molecule has 0 saturated carbocycles. The van der Waals surface area contributed by atoms with Gasteiger partial charge in [-0.2, -0.15) is 0 Å². The van der Waals surface area contributed by atoms with E-state index in [1.165, 1.54) is 31.4 Å². The first-order valence-electron chi connectivity index (χ1n) is 13.5. The van der Waals surface area contributed by atoms with E-state index < -0.39 is 0 Å². The molecule has 0 bridgehead atoms. The Hall–Kier alpha value is -3.61. The minimum Gasteiger partial charge on any atom is -0.504 e. The lowest BCUT2D eigenvalue weighted by molar-refractivity contribution is -0.110. The quantitative estimate of drug-likeness (QED) is 0.314. The zero-order valence-electron chi connectivity index (χ0n) is 24.6. The van der Waals surface area contributed by atoms with Crippen LogP contribution in [0.4, 0.5) is 11.4 Å². The van der Waals surface area contributed by atoms with E-state index in [1.54, 1.807) is 12.1 Å². The molecule has 0 aromatic heterocycles. The number of carbonyl (C=O) groups is 2. The highest BCUT2D eigenvalue weighted by Gasteiger charge is 2.19. The molecule has 1 aliphatic heterocycles. The number of benzene rings is 2. The van der Waals surface area contributed by atoms with Crippen LogP contribution >= 0.6 is 0 Å². The highest BCUT2D eigenvalue weighted by atomic mass is 16.5. The van der Waals surface area contributed by atoms with Crippen molar-refractivity contribution in [3.63, 3.8) is 0 Å². The summed E-state index contributed by atoms with van der Waals surface area (Å²) in [6, 6.07) is 11.1. The van der Waals surface area contributed by atoms with E-state index in [-0.39, 0.29) is 17.8 Å². The number of ether oxygens (including phenoxy) is 1. The molecule has 0 spiro atoms. The molecule has 1 aliphatic rings. The average molecular weight is 526 g/mol. The Morgan fingerprint density at radius 1 is 1.11 bits per heavy atom. The van der Waals surface area contributed by atoms with Crippen molar-refractivity contribution in [1.29, 1.82) is 0 Å². The van der Waals surface area contributed by atoms with E-state index in [2.05, 4.69) is 54.6 Å². The number of phenolic OH excluding ortho intramolecular Hbond substituents is 1. The average Bonchev–Trinajstić information content (AvgIpc) is 3.42. The van der Waals surface area contributed by atoms with Crippen molar-refractivity contribution in [2.24, 2.45) is 4.99 Å². The van der Waals surface area contributed by atoms with Crippen LogP contribution in [0.5, 0.6) is 11.5 Å². The molecule has 0 fully saturated rings. The summed E-state index contributed by atoms with van der Waals surface area (Å²) in [7, 11) is 1.89. The van der Waals surface area contributed by atoms with Gasteiger partial charge in [0.15, 0.2) is 11.5 Å². The number of aliphatic imine (C=N–C) groups is 1. The van der Waals surface area contributed by atoms with E-state index >= 15 is 0 Å². The second kappa shape index (κ2) is 19.5. The van der Waals surface area contributed by atoms with Crippen LogP contribution < -0.4 is 15.4 Å². The normalized spacial score (nSPS) is 11.3. The fourth-order valence-electron chi connectivity index (χ4n) is 3.17. The second-order valence-corrected chi connectivity index (χ2v) is 8.39. The first-order chi connectivity index (χ1) is 18.2. The molecule has 3 N–H and O–H groups in total. The molecule has 7 nitrogen and oxygen atoms in total. The first kappa shape index (κ1) is 34.4. The summed E-state index contributed by atoms with van der Waals surface area (Å²) in [6.45, 7) is 16.1. The van der Waals surface area contributed by atoms with Crippen molar-refractivity contribution in [1.82, 2.24) is 0 Å². The van der Waals surface area contributed by atoms with Crippen LogP contribution in [-0.4, -0.2) is 42.7 Å². The lowest BCUT2D eigenvalue weighted by atomic mass is 10.0. The van der Waals surface area contributed by atoms with Gasteiger partial charge in [-0.25, -0.2) is 0 Å². The lowest BCUT2D eigenvalue weighted by Gasteiger charge is -2.12. The van der Waals surface area contributed by atoms with Crippen molar-refractivity contribution in [2.45, 2.75) is 80.8 Å². The molecule has 38 heavy (non-hydrogen) atoms. The maximum atomic E-state index is 12.6. The number of unbranched alkanes of at least 4 members (excludes halogenated alkanes) is 1. The van der Waals surface area contributed by atoms with Gasteiger partial charge < -0.3 is 25.3 Å². The predicted octanol–water partition coefficient (Wildman–Crippen LogP) is 7.30. The molecule has 0 atom stereocenters. The summed E-state index contributed by atoms with van der Waals surface area (Å²) in [4.78, 5) is 25.8. The maximum Gasteiger partial charge on any atom is 0.273 e. The van der Waals surface area contributed by atoms with Crippen molar-refractivity contribution in [2.75, 3.05) is 24.2 Å². The summed E-state index contributed by atoms with van der Waals surface area (Å²) in [6.07, 6.45) is 6.12. The van der Waals surface area contributed by atoms with Gasteiger partial charge in [0.1, 0.15) is 12.0 Å². The molecule has 0 unspecified atom stereocenters. The Balaban J connectivity index is 0.00000134. The van der Waals surface area contributed by atoms with Crippen LogP contribution in [0.25, 0.3) is 5.57 Å². The van der Waals surface area contributed by atoms with Crippen molar-refractivity contribution >= 4 is 34.9 Å². The van der Waals surface area contributed by atoms with Gasteiger partial charge >= 0.3 is 0 Å². The topological polar surface area (TPSA) is 100 Å². The number of aromatic hydroxyl groups is 1. The molecule has 1 heterocycles. The molecular formula is C31H47N3O4. The summed E-state index contributed by atoms with van der Waals surface area (Å²) in [5, 5.41) is 16.1. The Kier molecular flexibility index (Phi) is 17.6. The number of hydrogen-bond acceptors (Lipinski definition) is 6. The minimum absolute atomic E-state index is 0.0178. The molecule has 0 radical (unpaired) electrons. The number of carbonyl (C=O) groups excluding carboxylic acids is 2. The number of nitrogens with one attached hydrogen (secondary N) is 2. The van der Waals surface area contributed by atoms with E-state index in [9.17, 15) is 9.90 Å². The summed E-state index contributed by atoms with van der Waals surface area (Å²) >= 11 is 0. The minimum atomic E-state index is -0.312. The van der Waals surface area contributed by atoms with Crippen LogP contribution in [0.3, 0.4) is 0 Å². The standard InChI is InChI=1S/C23H27N3O3.C4H10.C2H4O.C2H6/c1-5-15-6-8-18(19(10-15)24-4)16-11-20(25-13-16)23(28)26-17-7-9-22(21(27)12-17)29-14(2)3;1-3-4-2;1-2-3;1-2/h6-12,14,24,27H,5,13H2,1-4H3,(H,26,28);3-4H2,1-2H3;2H,1H3;1-2H3. The van der Waals surface area contributed by atoms with Gasteiger partial charge in [0.05, 0.1) is 12.6 Å². The zero-order chi connectivity index (χ0) is 29.1. The van der Waals surface area contributed by atoms with Crippen LogP contribution in [0.15, 0.2) is 47.5 Å². The summed E-state index contributed by atoms with van der Waals surface area (Å²) < 4.78 is 5.50. The van der Waals surface area contributed by atoms with Crippen molar-refractivity contribution in [3.8, 4) is 11.5 Å². The third-order valence-corrected chi connectivity index (χ3v) is 5.15. The number of nitrogens with zero attached hydrogens (tertiary/aromatic N) is 1. The third kappa shape index (κ3) is 11.6. The van der Waals surface area contributed by atoms with Gasteiger partial charge in [0, 0.05) is 30.1 Å².